The summed E-state index contributed by atoms with van der Waals surface area (Å²) in [5.74, 6) is 1.02. The summed E-state index contributed by atoms with van der Waals surface area (Å²) in [4.78, 5) is 0. The molecule has 1 unspecified atom stereocenters. The number of benzene rings is 1. The molecule has 120 valence electrons. The normalized spacial score (nSPS) is 12.7. The Morgan fingerprint density at radius 1 is 1.29 bits per heavy atom. The van der Waals surface area contributed by atoms with Gasteiger partial charge in [0, 0.05) is 0 Å². The van der Waals surface area contributed by atoms with E-state index in [0.29, 0.717) is 23.7 Å². The van der Waals surface area contributed by atoms with Gasteiger partial charge in [-0.25, -0.2) is 4.57 Å². The second-order valence-electron chi connectivity index (χ2n) is 6.86. The Kier molecular flexibility index (Phi) is 9.48. The van der Waals surface area contributed by atoms with Gasteiger partial charge in [0.25, 0.3) is 0 Å². The molecule has 1 N–H and O–H groups in total. The number of phenols is 1. The topological polar surface area (TPSA) is 46.5 Å². The molecule has 0 fully saturated rings. The van der Waals surface area contributed by atoms with Gasteiger partial charge >= 0.3 is 8.69 Å². The molecule has 0 radical (unpaired) electrons. The number of hydrogen-bond donors (Lipinski definition) is 1. The predicted octanol–water partition coefficient (Wildman–Crippen LogP) is 5.68. The smallest absolute Gasteiger partial charge is 0.327 e. The number of aryl methyl sites for hydroxylation is 2. The summed E-state index contributed by atoms with van der Waals surface area (Å²) in [5, 5.41) is 9.04. The minimum Gasteiger partial charge on any atom is -0.508 e. The van der Waals surface area contributed by atoms with Crippen LogP contribution >= 0.6 is 8.69 Å². The molecule has 0 aliphatic rings. The summed E-state index contributed by atoms with van der Waals surface area (Å²) < 4.78 is 14.7. The molecule has 1 rings (SSSR count). The quantitative estimate of drug-likeness (QED) is 0.562. The van der Waals surface area contributed by atoms with Crippen LogP contribution in [0.2, 0.25) is 0 Å². The molecule has 0 aromatic heterocycles. The van der Waals surface area contributed by atoms with Crippen molar-refractivity contribution in [3.05, 3.63) is 29.3 Å². The van der Waals surface area contributed by atoms with E-state index in [-0.39, 0.29) is 8.69 Å². The molecule has 3 nitrogen and oxygen atoms in total. The zero-order valence-electron chi connectivity index (χ0n) is 14.1. The van der Waals surface area contributed by atoms with Crippen LogP contribution in [0.1, 0.15) is 51.7 Å². The first-order chi connectivity index (χ1) is 9.65. The minimum atomic E-state index is -0.197. The first kappa shape index (κ1) is 20.1. The van der Waals surface area contributed by atoms with Crippen LogP contribution in [0, 0.1) is 25.2 Å². The van der Waals surface area contributed by atoms with Gasteiger partial charge in [-0.1, -0.05) is 45.4 Å². The zero-order chi connectivity index (χ0) is 16.5. The molecule has 0 spiro atoms. The molecule has 1 aromatic rings. The number of phenolic OH excluding ortho intramolecular Hbond substituents is 1. The first-order valence-electron chi connectivity index (χ1n) is 7.36. The first-order valence-corrected chi connectivity index (χ1v) is 8.09. The summed E-state index contributed by atoms with van der Waals surface area (Å²) >= 11 is 0. The van der Waals surface area contributed by atoms with Crippen molar-refractivity contribution in [2.24, 2.45) is 11.3 Å². The lowest BCUT2D eigenvalue weighted by Gasteiger charge is -2.22. The van der Waals surface area contributed by atoms with Gasteiger partial charge in [0.15, 0.2) is 0 Å². The minimum absolute atomic E-state index is 0.197. The van der Waals surface area contributed by atoms with Crippen LogP contribution in [0.5, 0.6) is 5.75 Å². The zero-order valence-corrected chi connectivity index (χ0v) is 15.0. The van der Waals surface area contributed by atoms with Gasteiger partial charge in [-0.3, -0.25) is 4.52 Å². The second kappa shape index (κ2) is 9.92. The Morgan fingerprint density at radius 3 is 2.33 bits per heavy atom. The molecule has 0 aliphatic heterocycles. The van der Waals surface area contributed by atoms with Crippen molar-refractivity contribution in [1.82, 2.24) is 0 Å². The third-order valence-electron chi connectivity index (χ3n) is 3.07. The van der Waals surface area contributed by atoms with Gasteiger partial charge in [0.2, 0.25) is 0 Å². The largest absolute Gasteiger partial charge is 0.508 e. The molecule has 4 heteroatoms. The molecule has 0 heterocycles. The van der Waals surface area contributed by atoms with Gasteiger partial charge in [0.05, 0.1) is 6.61 Å². The Labute approximate surface area is 131 Å². The average Bonchev–Trinajstić information content (AvgIpc) is 2.33. The van der Waals surface area contributed by atoms with Crippen LogP contribution in [0.4, 0.5) is 0 Å². The Morgan fingerprint density at radius 2 is 1.90 bits per heavy atom. The van der Waals surface area contributed by atoms with E-state index >= 15 is 0 Å². The van der Waals surface area contributed by atoms with E-state index in [1.54, 1.807) is 6.07 Å². The summed E-state index contributed by atoms with van der Waals surface area (Å²) in [6.45, 7) is 13.4. The maximum absolute atomic E-state index is 9.95. The van der Waals surface area contributed by atoms with E-state index in [1.807, 2.05) is 26.0 Å². The van der Waals surface area contributed by atoms with Crippen molar-refractivity contribution in [3.63, 3.8) is 0 Å². The summed E-state index contributed by atoms with van der Waals surface area (Å²) in [5.41, 5.74) is 2.51. The molecule has 1 atom stereocenters. The second-order valence-corrected chi connectivity index (χ2v) is 7.26. The fourth-order valence-corrected chi connectivity index (χ4v) is 2.42. The molecule has 0 bridgehead atoms. The van der Waals surface area contributed by atoms with E-state index in [2.05, 4.69) is 27.7 Å². The molecule has 0 saturated heterocycles. The standard InChI is InChI=1S/C9H19O2P.C8H10O/c1-8(5-6-11-12-10)7-9(2,3)4;1-6-3-4-8(9)7(2)5-6/h8H,5-7H2,1-4H3;3-5,9H,1-2H3. The van der Waals surface area contributed by atoms with Crippen molar-refractivity contribution >= 4 is 8.69 Å². The van der Waals surface area contributed by atoms with Gasteiger partial charge in [0.1, 0.15) is 5.75 Å². The van der Waals surface area contributed by atoms with Crippen LogP contribution < -0.4 is 0 Å². The van der Waals surface area contributed by atoms with Gasteiger partial charge < -0.3 is 5.11 Å². The maximum atomic E-state index is 9.95. The van der Waals surface area contributed by atoms with Gasteiger partial charge in [-0.2, -0.15) is 0 Å². The maximum Gasteiger partial charge on any atom is 0.327 e. The van der Waals surface area contributed by atoms with E-state index < -0.39 is 0 Å². The highest BCUT2D eigenvalue weighted by Crippen LogP contribution is 2.26. The lowest BCUT2D eigenvalue weighted by Crippen LogP contribution is -2.11. The van der Waals surface area contributed by atoms with Crippen molar-refractivity contribution in [2.45, 2.75) is 54.4 Å². The van der Waals surface area contributed by atoms with E-state index in [1.165, 1.54) is 12.0 Å². The van der Waals surface area contributed by atoms with Crippen molar-refractivity contribution in [3.8, 4) is 5.75 Å². The molecule has 0 saturated carbocycles. The SMILES string of the molecule is CC(CCOP=O)CC(C)(C)C.Cc1ccc(O)c(C)c1. The highest BCUT2D eigenvalue weighted by molar-refractivity contribution is 7.17. The van der Waals surface area contributed by atoms with Gasteiger partial charge in [-0.05, 0) is 49.7 Å². The number of hydrogen-bond acceptors (Lipinski definition) is 3. The molecule has 21 heavy (non-hydrogen) atoms. The van der Waals surface area contributed by atoms with Crippen molar-refractivity contribution < 1.29 is 14.2 Å². The van der Waals surface area contributed by atoms with E-state index in [0.717, 1.165) is 12.0 Å². The molecule has 1 aromatic carbocycles. The monoisotopic (exact) mass is 312 g/mol. The summed E-state index contributed by atoms with van der Waals surface area (Å²) in [7, 11) is -0.197. The van der Waals surface area contributed by atoms with Crippen molar-refractivity contribution in [2.75, 3.05) is 6.61 Å². The van der Waals surface area contributed by atoms with Crippen molar-refractivity contribution in [1.29, 1.82) is 0 Å². The van der Waals surface area contributed by atoms with Crippen LogP contribution in [-0.2, 0) is 9.09 Å². The van der Waals surface area contributed by atoms with E-state index in [4.69, 9.17) is 9.63 Å². The molecular weight excluding hydrogens is 283 g/mol. The fraction of sp³-hybridized carbons (Fsp3) is 0.647. The molecule has 0 aliphatic carbocycles. The number of rotatable bonds is 5. The molecular formula is C17H29O3P. The highest BCUT2D eigenvalue weighted by atomic mass is 31.1. The summed E-state index contributed by atoms with van der Waals surface area (Å²) in [6, 6.07) is 5.56. The summed E-state index contributed by atoms with van der Waals surface area (Å²) in [6.07, 6.45) is 2.18. The third-order valence-corrected chi connectivity index (χ3v) is 3.36. The average molecular weight is 312 g/mol. The van der Waals surface area contributed by atoms with Crippen LogP contribution in [-0.4, -0.2) is 11.7 Å². The molecule has 0 amide bonds. The third kappa shape index (κ3) is 11.4. The lowest BCUT2D eigenvalue weighted by atomic mass is 9.84. The Hall–Kier alpha value is -0.920. The van der Waals surface area contributed by atoms with Crippen LogP contribution in [0.15, 0.2) is 18.2 Å². The number of aromatic hydroxyl groups is 1. The Bertz CT molecular complexity index is 425. The van der Waals surface area contributed by atoms with E-state index in [9.17, 15) is 4.57 Å². The van der Waals surface area contributed by atoms with Crippen LogP contribution in [0.3, 0.4) is 0 Å². The highest BCUT2D eigenvalue weighted by Gasteiger charge is 2.14. The van der Waals surface area contributed by atoms with Gasteiger partial charge in [-0.15, -0.1) is 0 Å². The lowest BCUT2D eigenvalue weighted by molar-refractivity contribution is 0.251. The fourth-order valence-electron chi connectivity index (χ4n) is 2.24. The van der Waals surface area contributed by atoms with Crippen LogP contribution in [0.25, 0.3) is 0 Å². The predicted molar refractivity (Wildman–Crippen MR) is 89.0 cm³/mol. The Balaban J connectivity index is 0.000000394.